The van der Waals surface area contributed by atoms with E-state index in [2.05, 4.69) is 30.5 Å². The van der Waals surface area contributed by atoms with Gasteiger partial charge in [-0.15, -0.1) is 11.8 Å². The SMILES string of the molecule is CSc1ccc(C2OCCC2CO)cc1. The van der Waals surface area contributed by atoms with Crippen molar-refractivity contribution < 1.29 is 9.84 Å². The summed E-state index contributed by atoms with van der Waals surface area (Å²) in [6.45, 7) is 0.981. The lowest BCUT2D eigenvalue weighted by molar-refractivity contribution is 0.0720. The summed E-state index contributed by atoms with van der Waals surface area (Å²) >= 11 is 1.74. The number of benzene rings is 1. The van der Waals surface area contributed by atoms with Crippen molar-refractivity contribution in [3.05, 3.63) is 29.8 Å². The summed E-state index contributed by atoms with van der Waals surface area (Å²) in [5.74, 6) is 0.269. The molecule has 1 aliphatic rings. The molecule has 2 unspecified atom stereocenters. The first-order valence-electron chi connectivity index (χ1n) is 5.21. The van der Waals surface area contributed by atoms with E-state index in [-0.39, 0.29) is 18.6 Å². The Morgan fingerprint density at radius 1 is 1.40 bits per heavy atom. The maximum Gasteiger partial charge on any atom is 0.0875 e. The average molecular weight is 224 g/mol. The van der Waals surface area contributed by atoms with Gasteiger partial charge in [-0.1, -0.05) is 12.1 Å². The van der Waals surface area contributed by atoms with Gasteiger partial charge < -0.3 is 9.84 Å². The number of ether oxygens (including phenoxy) is 1. The molecule has 0 spiro atoms. The highest BCUT2D eigenvalue weighted by atomic mass is 32.2. The van der Waals surface area contributed by atoms with Crippen LogP contribution >= 0.6 is 11.8 Å². The minimum Gasteiger partial charge on any atom is -0.396 e. The molecule has 1 aliphatic heterocycles. The third-order valence-corrected chi connectivity index (χ3v) is 3.64. The highest BCUT2D eigenvalue weighted by Gasteiger charge is 2.28. The molecule has 0 saturated carbocycles. The van der Waals surface area contributed by atoms with Gasteiger partial charge in [0.15, 0.2) is 0 Å². The smallest absolute Gasteiger partial charge is 0.0875 e. The Morgan fingerprint density at radius 2 is 2.13 bits per heavy atom. The first kappa shape index (κ1) is 11.0. The number of rotatable bonds is 3. The fourth-order valence-corrected chi connectivity index (χ4v) is 2.39. The zero-order chi connectivity index (χ0) is 10.7. The molecular formula is C12H16O2S. The van der Waals surface area contributed by atoms with Crippen LogP contribution in [-0.2, 0) is 4.74 Å². The summed E-state index contributed by atoms with van der Waals surface area (Å²) in [6, 6.07) is 8.42. The number of aliphatic hydroxyl groups excluding tert-OH is 1. The van der Waals surface area contributed by atoms with E-state index >= 15 is 0 Å². The molecule has 2 nitrogen and oxygen atoms in total. The van der Waals surface area contributed by atoms with Crippen molar-refractivity contribution in [3.8, 4) is 0 Å². The zero-order valence-corrected chi connectivity index (χ0v) is 9.67. The summed E-state index contributed by atoms with van der Waals surface area (Å²) in [5.41, 5.74) is 1.18. The second-order valence-corrected chi connectivity index (χ2v) is 4.68. The minimum absolute atomic E-state index is 0.0888. The summed E-state index contributed by atoms with van der Waals surface area (Å²) in [6.07, 6.45) is 3.12. The summed E-state index contributed by atoms with van der Waals surface area (Å²) in [7, 11) is 0. The first-order chi connectivity index (χ1) is 7.35. The maximum atomic E-state index is 9.21. The number of hydrogen-bond acceptors (Lipinski definition) is 3. The van der Waals surface area contributed by atoms with Gasteiger partial charge in [0.25, 0.3) is 0 Å². The highest BCUT2D eigenvalue weighted by molar-refractivity contribution is 7.98. The molecule has 2 rings (SSSR count). The predicted octanol–water partition coefficient (Wildman–Crippen LogP) is 2.48. The molecule has 1 fully saturated rings. The number of thioether (sulfide) groups is 1. The molecule has 0 amide bonds. The van der Waals surface area contributed by atoms with Crippen LogP contribution in [0.25, 0.3) is 0 Å². The highest BCUT2D eigenvalue weighted by Crippen LogP contribution is 2.34. The van der Waals surface area contributed by atoms with E-state index < -0.39 is 0 Å². The van der Waals surface area contributed by atoms with Crippen molar-refractivity contribution in [2.75, 3.05) is 19.5 Å². The minimum atomic E-state index is 0.0888. The normalized spacial score (nSPS) is 25.7. The largest absolute Gasteiger partial charge is 0.396 e. The fourth-order valence-electron chi connectivity index (χ4n) is 1.98. The molecule has 1 N–H and O–H groups in total. The Hall–Kier alpha value is -0.510. The van der Waals surface area contributed by atoms with Crippen LogP contribution in [0, 0.1) is 5.92 Å². The number of aliphatic hydroxyl groups is 1. The molecule has 0 aliphatic carbocycles. The first-order valence-corrected chi connectivity index (χ1v) is 6.44. The molecule has 1 saturated heterocycles. The third kappa shape index (κ3) is 2.36. The van der Waals surface area contributed by atoms with Gasteiger partial charge in [0, 0.05) is 24.0 Å². The monoisotopic (exact) mass is 224 g/mol. The van der Waals surface area contributed by atoms with Gasteiger partial charge in [-0.25, -0.2) is 0 Å². The van der Waals surface area contributed by atoms with E-state index in [1.165, 1.54) is 10.5 Å². The maximum absolute atomic E-state index is 9.21. The van der Waals surface area contributed by atoms with E-state index in [0.717, 1.165) is 13.0 Å². The Kier molecular flexibility index (Phi) is 3.67. The van der Waals surface area contributed by atoms with Crippen molar-refractivity contribution in [2.24, 2.45) is 5.92 Å². The topological polar surface area (TPSA) is 29.5 Å². The second-order valence-electron chi connectivity index (χ2n) is 3.80. The summed E-state index contributed by atoms with van der Waals surface area (Å²) in [5, 5.41) is 9.21. The van der Waals surface area contributed by atoms with E-state index in [4.69, 9.17) is 4.74 Å². The second kappa shape index (κ2) is 5.01. The van der Waals surface area contributed by atoms with Crippen LogP contribution in [0.15, 0.2) is 29.2 Å². The third-order valence-electron chi connectivity index (χ3n) is 2.89. The van der Waals surface area contributed by atoms with Crippen LogP contribution in [-0.4, -0.2) is 24.6 Å². The van der Waals surface area contributed by atoms with E-state index in [9.17, 15) is 5.11 Å². The Labute approximate surface area is 94.6 Å². The van der Waals surface area contributed by atoms with Crippen LogP contribution in [0.4, 0.5) is 0 Å². The van der Waals surface area contributed by atoms with Crippen LogP contribution in [0.2, 0.25) is 0 Å². The van der Waals surface area contributed by atoms with Gasteiger partial charge in [-0.05, 0) is 30.4 Å². The Balaban J connectivity index is 2.14. The molecule has 0 bridgehead atoms. The van der Waals surface area contributed by atoms with E-state index in [1.54, 1.807) is 11.8 Å². The lowest BCUT2D eigenvalue weighted by Crippen LogP contribution is -2.11. The van der Waals surface area contributed by atoms with Crippen LogP contribution in [0.1, 0.15) is 18.1 Å². The molecule has 3 heteroatoms. The molecule has 0 radical (unpaired) electrons. The predicted molar refractivity (Wildman–Crippen MR) is 62.1 cm³/mol. The quantitative estimate of drug-likeness (QED) is 0.800. The van der Waals surface area contributed by atoms with Gasteiger partial charge in [-0.3, -0.25) is 0 Å². The van der Waals surface area contributed by atoms with Gasteiger partial charge in [0.1, 0.15) is 0 Å². The number of hydrogen-bond donors (Lipinski definition) is 1. The lowest BCUT2D eigenvalue weighted by atomic mass is 9.96. The van der Waals surface area contributed by atoms with Gasteiger partial charge in [-0.2, -0.15) is 0 Å². The van der Waals surface area contributed by atoms with E-state index in [0.29, 0.717) is 0 Å². The molecule has 1 aromatic carbocycles. The summed E-state index contributed by atoms with van der Waals surface area (Å²) in [4.78, 5) is 1.26. The average Bonchev–Trinajstić information content (AvgIpc) is 2.77. The Bertz CT molecular complexity index is 310. The van der Waals surface area contributed by atoms with Crippen molar-refractivity contribution in [2.45, 2.75) is 17.4 Å². The molecular weight excluding hydrogens is 208 g/mol. The summed E-state index contributed by atoms with van der Waals surface area (Å²) < 4.78 is 5.65. The van der Waals surface area contributed by atoms with Crippen LogP contribution < -0.4 is 0 Å². The van der Waals surface area contributed by atoms with Crippen molar-refractivity contribution in [1.82, 2.24) is 0 Å². The van der Waals surface area contributed by atoms with Crippen molar-refractivity contribution in [3.63, 3.8) is 0 Å². The van der Waals surface area contributed by atoms with Gasteiger partial charge >= 0.3 is 0 Å². The molecule has 0 aromatic heterocycles. The fraction of sp³-hybridized carbons (Fsp3) is 0.500. The van der Waals surface area contributed by atoms with Crippen LogP contribution in [0.5, 0.6) is 0 Å². The lowest BCUT2D eigenvalue weighted by Gasteiger charge is -2.16. The Morgan fingerprint density at radius 3 is 2.73 bits per heavy atom. The van der Waals surface area contributed by atoms with Crippen molar-refractivity contribution in [1.29, 1.82) is 0 Å². The van der Waals surface area contributed by atoms with Crippen molar-refractivity contribution >= 4 is 11.8 Å². The molecule has 1 heterocycles. The zero-order valence-electron chi connectivity index (χ0n) is 8.85. The molecule has 1 aromatic rings. The van der Waals surface area contributed by atoms with E-state index in [1.807, 2.05) is 0 Å². The molecule has 15 heavy (non-hydrogen) atoms. The van der Waals surface area contributed by atoms with Crippen LogP contribution in [0.3, 0.4) is 0 Å². The van der Waals surface area contributed by atoms with Gasteiger partial charge in [0.05, 0.1) is 6.10 Å². The molecule has 2 atom stereocenters. The molecule has 82 valence electrons. The standard InChI is InChI=1S/C12H16O2S/c1-15-11-4-2-9(3-5-11)12-10(8-13)6-7-14-12/h2-5,10,12-13H,6-8H2,1H3. The van der Waals surface area contributed by atoms with Gasteiger partial charge in [0.2, 0.25) is 0 Å².